The Morgan fingerprint density at radius 3 is 2.27 bits per heavy atom. The van der Waals surface area contributed by atoms with Gasteiger partial charge in [-0.2, -0.15) is 0 Å². The smallest absolute Gasteiger partial charge is 0.343 e. The van der Waals surface area contributed by atoms with Crippen LogP contribution in [0.3, 0.4) is 0 Å². The van der Waals surface area contributed by atoms with Gasteiger partial charge in [-0.05, 0) is 57.0 Å². The molecule has 0 aliphatic rings. The van der Waals surface area contributed by atoms with Gasteiger partial charge in [-0.25, -0.2) is 4.79 Å². The van der Waals surface area contributed by atoms with Crippen molar-refractivity contribution >= 4 is 16.9 Å². The minimum atomic E-state index is -0.594. The van der Waals surface area contributed by atoms with Crippen molar-refractivity contribution in [2.75, 3.05) is 0 Å². The molecule has 0 spiro atoms. The third-order valence-corrected chi connectivity index (χ3v) is 5.04. The first kappa shape index (κ1) is 19.6. The van der Waals surface area contributed by atoms with Gasteiger partial charge < -0.3 is 9.15 Å². The third-order valence-electron chi connectivity index (χ3n) is 5.04. The SMILES string of the molecule is Cc1ccc(-c2oc3c(C)cc(C)cc3c(=O)c2OC(=O)c2cccc(C)c2)cc1. The van der Waals surface area contributed by atoms with E-state index in [0.29, 0.717) is 22.1 Å². The van der Waals surface area contributed by atoms with Crippen molar-refractivity contribution < 1.29 is 13.9 Å². The standard InChI is InChI=1S/C26H22O4/c1-15-8-10-19(11-9-15)24-25(30-26(28)20-7-5-6-16(2)13-20)22(27)21-14-17(3)12-18(4)23(21)29-24/h5-14H,1-4H3. The molecule has 30 heavy (non-hydrogen) atoms. The highest BCUT2D eigenvalue weighted by Crippen LogP contribution is 2.33. The minimum absolute atomic E-state index is 0.0946. The summed E-state index contributed by atoms with van der Waals surface area (Å²) in [6.45, 7) is 7.68. The van der Waals surface area contributed by atoms with E-state index in [4.69, 9.17) is 9.15 Å². The molecule has 0 bridgehead atoms. The molecule has 4 heteroatoms. The Balaban J connectivity index is 1.94. The van der Waals surface area contributed by atoms with Gasteiger partial charge in [0.15, 0.2) is 5.76 Å². The first-order chi connectivity index (χ1) is 14.3. The summed E-state index contributed by atoms with van der Waals surface area (Å²) < 4.78 is 11.8. The quantitative estimate of drug-likeness (QED) is 0.402. The molecule has 0 amide bonds. The van der Waals surface area contributed by atoms with Crippen LogP contribution in [-0.4, -0.2) is 5.97 Å². The van der Waals surface area contributed by atoms with Gasteiger partial charge >= 0.3 is 5.97 Å². The Morgan fingerprint density at radius 2 is 1.57 bits per heavy atom. The summed E-state index contributed by atoms with van der Waals surface area (Å²) in [5.41, 5.74) is 4.98. The van der Waals surface area contributed by atoms with Crippen LogP contribution in [0.5, 0.6) is 5.75 Å². The van der Waals surface area contributed by atoms with Crippen LogP contribution in [-0.2, 0) is 0 Å². The number of carbonyl (C=O) groups is 1. The number of hydrogen-bond acceptors (Lipinski definition) is 4. The van der Waals surface area contributed by atoms with Crippen molar-refractivity contribution in [3.05, 3.63) is 98.7 Å². The Kier molecular flexibility index (Phi) is 5.00. The average Bonchev–Trinajstić information content (AvgIpc) is 2.71. The molecule has 0 N–H and O–H groups in total. The molecule has 0 radical (unpaired) electrons. The fourth-order valence-electron chi connectivity index (χ4n) is 3.54. The van der Waals surface area contributed by atoms with Crippen LogP contribution in [0.1, 0.15) is 32.6 Å². The second kappa shape index (κ2) is 7.64. The maximum atomic E-state index is 13.4. The van der Waals surface area contributed by atoms with E-state index in [0.717, 1.165) is 22.3 Å². The van der Waals surface area contributed by atoms with Crippen molar-refractivity contribution in [2.45, 2.75) is 27.7 Å². The number of benzene rings is 3. The summed E-state index contributed by atoms with van der Waals surface area (Å²) in [6.07, 6.45) is 0. The highest BCUT2D eigenvalue weighted by atomic mass is 16.5. The van der Waals surface area contributed by atoms with Crippen molar-refractivity contribution in [1.29, 1.82) is 0 Å². The van der Waals surface area contributed by atoms with Gasteiger partial charge in [-0.3, -0.25) is 4.79 Å². The van der Waals surface area contributed by atoms with Crippen LogP contribution in [0.25, 0.3) is 22.3 Å². The van der Waals surface area contributed by atoms with Crippen molar-refractivity contribution in [1.82, 2.24) is 0 Å². The van der Waals surface area contributed by atoms with E-state index in [2.05, 4.69) is 0 Å². The van der Waals surface area contributed by atoms with Gasteiger partial charge in [0.25, 0.3) is 0 Å². The zero-order valence-corrected chi connectivity index (χ0v) is 17.4. The number of hydrogen-bond donors (Lipinski definition) is 0. The van der Waals surface area contributed by atoms with Crippen LogP contribution in [0, 0.1) is 27.7 Å². The molecule has 0 unspecified atom stereocenters. The van der Waals surface area contributed by atoms with Crippen molar-refractivity contribution in [3.8, 4) is 17.1 Å². The first-order valence-corrected chi connectivity index (χ1v) is 9.77. The molecule has 1 heterocycles. The average molecular weight is 398 g/mol. The molecule has 4 aromatic rings. The largest absolute Gasteiger partial charge is 0.452 e. The lowest BCUT2D eigenvalue weighted by Crippen LogP contribution is -2.16. The number of esters is 1. The Labute approximate surface area is 174 Å². The topological polar surface area (TPSA) is 56.5 Å². The van der Waals surface area contributed by atoms with Crippen LogP contribution < -0.4 is 10.2 Å². The molecular formula is C26H22O4. The highest BCUT2D eigenvalue weighted by molar-refractivity contribution is 5.93. The van der Waals surface area contributed by atoms with E-state index in [-0.39, 0.29) is 16.9 Å². The number of fused-ring (bicyclic) bond motifs is 1. The van der Waals surface area contributed by atoms with Crippen LogP contribution in [0.2, 0.25) is 0 Å². The second-order valence-corrected chi connectivity index (χ2v) is 7.67. The molecule has 0 fully saturated rings. The highest BCUT2D eigenvalue weighted by Gasteiger charge is 2.22. The molecule has 0 atom stereocenters. The number of carbonyl (C=O) groups excluding carboxylic acids is 1. The van der Waals surface area contributed by atoms with E-state index in [9.17, 15) is 9.59 Å². The zero-order valence-electron chi connectivity index (χ0n) is 17.4. The monoisotopic (exact) mass is 398 g/mol. The predicted octanol–water partition coefficient (Wildman–Crippen LogP) is 5.91. The Morgan fingerprint density at radius 1 is 0.833 bits per heavy atom. The summed E-state index contributed by atoms with van der Waals surface area (Å²) in [4.78, 5) is 26.2. The van der Waals surface area contributed by atoms with Gasteiger partial charge in [0.1, 0.15) is 5.58 Å². The maximum Gasteiger partial charge on any atom is 0.343 e. The lowest BCUT2D eigenvalue weighted by atomic mass is 10.0. The molecule has 1 aromatic heterocycles. The first-order valence-electron chi connectivity index (χ1n) is 9.77. The van der Waals surface area contributed by atoms with E-state index in [1.807, 2.05) is 64.1 Å². The van der Waals surface area contributed by atoms with Crippen LogP contribution in [0.15, 0.2) is 69.9 Å². The van der Waals surface area contributed by atoms with Gasteiger partial charge in [0.05, 0.1) is 10.9 Å². The maximum absolute atomic E-state index is 13.4. The summed E-state index contributed by atoms with van der Waals surface area (Å²) >= 11 is 0. The summed E-state index contributed by atoms with van der Waals surface area (Å²) in [7, 11) is 0. The molecular weight excluding hydrogens is 376 g/mol. The zero-order chi connectivity index (χ0) is 21.4. The van der Waals surface area contributed by atoms with E-state index < -0.39 is 5.97 Å². The predicted molar refractivity (Wildman–Crippen MR) is 118 cm³/mol. The van der Waals surface area contributed by atoms with E-state index >= 15 is 0 Å². The summed E-state index contributed by atoms with van der Waals surface area (Å²) in [5.74, 6) is -0.439. The van der Waals surface area contributed by atoms with E-state index in [1.54, 1.807) is 24.3 Å². The minimum Gasteiger partial charge on any atom is -0.452 e. The van der Waals surface area contributed by atoms with Crippen molar-refractivity contribution in [3.63, 3.8) is 0 Å². The lowest BCUT2D eigenvalue weighted by Gasteiger charge is -2.12. The molecule has 4 nitrogen and oxygen atoms in total. The van der Waals surface area contributed by atoms with Gasteiger partial charge in [0, 0.05) is 5.56 Å². The molecule has 0 aliphatic heterocycles. The van der Waals surface area contributed by atoms with E-state index in [1.165, 1.54) is 0 Å². The van der Waals surface area contributed by atoms with Crippen molar-refractivity contribution in [2.24, 2.45) is 0 Å². The normalized spacial score (nSPS) is 10.9. The fraction of sp³-hybridized carbons (Fsp3) is 0.154. The Hall–Kier alpha value is -3.66. The van der Waals surface area contributed by atoms with Gasteiger partial charge in [-0.1, -0.05) is 53.6 Å². The lowest BCUT2D eigenvalue weighted by molar-refractivity contribution is 0.0731. The fourth-order valence-corrected chi connectivity index (χ4v) is 3.54. The summed E-state index contributed by atoms with van der Waals surface area (Å²) in [5, 5.41) is 0.399. The van der Waals surface area contributed by atoms with Crippen LogP contribution >= 0.6 is 0 Å². The number of ether oxygens (including phenoxy) is 1. The van der Waals surface area contributed by atoms with Gasteiger partial charge in [-0.15, -0.1) is 0 Å². The molecule has 0 saturated heterocycles. The second-order valence-electron chi connectivity index (χ2n) is 7.67. The Bertz CT molecular complexity index is 1330. The molecule has 4 rings (SSSR count). The summed E-state index contributed by atoms with van der Waals surface area (Å²) in [6, 6.07) is 18.3. The van der Waals surface area contributed by atoms with Gasteiger partial charge in [0.2, 0.25) is 11.2 Å². The number of aryl methyl sites for hydroxylation is 4. The third kappa shape index (κ3) is 3.64. The molecule has 150 valence electrons. The van der Waals surface area contributed by atoms with Crippen LogP contribution in [0.4, 0.5) is 0 Å². The molecule has 0 saturated carbocycles. The molecule has 3 aromatic carbocycles. The molecule has 0 aliphatic carbocycles. The number of rotatable bonds is 3.